The van der Waals surface area contributed by atoms with Crippen LogP contribution in [0.15, 0.2) is 24.4 Å². The van der Waals surface area contributed by atoms with Crippen LogP contribution in [0, 0.1) is 11.6 Å². The van der Waals surface area contributed by atoms with Crippen LogP contribution < -0.4 is 5.32 Å². The fourth-order valence-corrected chi connectivity index (χ4v) is 3.75. The Kier molecular flexibility index (Phi) is 7.76. The summed E-state index contributed by atoms with van der Waals surface area (Å²) in [5, 5.41) is 2.62. The Hall–Kier alpha value is -3.50. The van der Waals surface area contributed by atoms with Gasteiger partial charge < -0.3 is 24.4 Å². The Morgan fingerprint density at radius 1 is 1.20 bits per heavy atom. The van der Waals surface area contributed by atoms with Gasteiger partial charge in [-0.1, -0.05) is 0 Å². The summed E-state index contributed by atoms with van der Waals surface area (Å²) in [6.45, 7) is 6.12. The minimum absolute atomic E-state index is 0.0416. The number of hydrogen-bond acceptors (Lipinski definition) is 5. The first-order chi connectivity index (χ1) is 16.3. The lowest BCUT2D eigenvalue weighted by Crippen LogP contribution is -2.45. The highest BCUT2D eigenvalue weighted by Crippen LogP contribution is 2.18. The van der Waals surface area contributed by atoms with Crippen LogP contribution >= 0.6 is 0 Å². The van der Waals surface area contributed by atoms with Gasteiger partial charge in [0.15, 0.2) is 0 Å². The SMILES string of the molecule is CN(C)C(=O)c1cn2c(n1)CN(C(=O)C[C@@H](Cc1cc(F)ccc1F)NC(=O)OC(C)(C)C)CC2. The Morgan fingerprint density at radius 2 is 1.91 bits per heavy atom. The van der Waals surface area contributed by atoms with Gasteiger partial charge in [0.1, 0.15) is 28.8 Å². The topological polar surface area (TPSA) is 96.8 Å². The van der Waals surface area contributed by atoms with Gasteiger partial charge in [0, 0.05) is 45.8 Å². The molecule has 0 radical (unpaired) electrons. The lowest BCUT2D eigenvalue weighted by Gasteiger charge is -2.30. The molecule has 0 unspecified atom stereocenters. The van der Waals surface area contributed by atoms with Gasteiger partial charge in [-0.05, 0) is 51.0 Å². The van der Waals surface area contributed by atoms with Crippen molar-refractivity contribution in [2.45, 2.75) is 58.3 Å². The quantitative estimate of drug-likeness (QED) is 0.670. The third-order valence-corrected chi connectivity index (χ3v) is 5.40. The maximum atomic E-state index is 14.3. The van der Waals surface area contributed by atoms with Crippen molar-refractivity contribution in [2.24, 2.45) is 0 Å². The summed E-state index contributed by atoms with van der Waals surface area (Å²) in [6, 6.07) is 2.23. The van der Waals surface area contributed by atoms with E-state index in [0.717, 1.165) is 18.2 Å². The minimum Gasteiger partial charge on any atom is -0.444 e. The van der Waals surface area contributed by atoms with Gasteiger partial charge in [-0.2, -0.15) is 0 Å². The number of hydrogen-bond donors (Lipinski definition) is 1. The minimum atomic E-state index is -0.832. The molecule has 3 amide bonds. The molecule has 1 atom stereocenters. The molecule has 0 spiro atoms. The summed E-state index contributed by atoms with van der Waals surface area (Å²) in [7, 11) is 3.27. The monoisotopic (exact) mass is 491 g/mol. The van der Waals surface area contributed by atoms with Crippen LogP contribution in [-0.4, -0.2) is 69.5 Å². The van der Waals surface area contributed by atoms with Crippen molar-refractivity contribution in [3.8, 4) is 0 Å². The molecule has 11 heteroatoms. The van der Waals surface area contributed by atoms with Crippen LogP contribution in [0.3, 0.4) is 0 Å². The fourth-order valence-electron chi connectivity index (χ4n) is 3.75. The zero-order chi connectivity index (χ0) is 25.9. The molecule has 1 aromatic heterocycles. The number of fused-ring (bicyclic) bond motifs is 1. The molecule has 0 fully saturated rings. The summed E-state index contributed by atoms with van der Waals surface area (Å²) in [5.74, 6) is -1.20. The van der Waals surface area contributed by atoms with Crippen molar-refractivity contribution in [3.63, 3.8) is 0 Å². The number of alkyl carbamates (subject to hydrolysis) is 1. The predicted molar refractivity (Wildman–Crippen MR) is 123 cm³/mol. The Balaban J connectivity index is 1.73. The molecule has 190 valence electrons. The first-order valence-electron chi connectivity index (χ1n) is 11.3. The third kappa shape index (κ3) is 7.00. The van der Waals surface area contributed by atoms with E-state index in [1.54, 1.807) is 46.0 Å². The van der Waals surface area contributed by atoms with E-state index in [4.69, 9.17) is 4.74 Å². The highest BCUT2D eigenvalue weighted by Gasteiger charge is 2.28. The number of nitrogens with zero attached hydrogens (tertiary/aromatic N) is 4. The molecule has 1 aromatic carbocycles. The second kappa shape index (κ2) is 10.4. The molecule has 0 saturated heterocycles. The molecular formula is C24H31F2N5O4. The molecule has 0 bridgehead atoms. The number of carbonyl (C=O) groups excluding carboxylic acids is 3. The molecule has 0 aliphatic carbocycles. The van der Waals surface area contributed by atoms with Crippen molar-refractivity contribution in [2.75, 3.05) is 20.6 Å². The Morgan fingerprint density at radius 3 is 2.57 bits per heavy atom. The number of ether oxygens (including phenoxy) is 1. The zero-order valence-electron chi connectivity index (χ0n) is 20.6. The molecule has 9 nitrogen and oxygen atoms in total. The molecule has 0 saturated carbocycles. The predicted octanol–water partition coefficient (Wildman–Crippen LogP) is 2.73. The van der Waals surface area contributed by atoms with E-state index in [0.29, 0.717) is 24.6 Å². The Bertz CT molecular complexity index is 1110. The first kappa shape index (κ1) is 26.1. The van der Waals surface area contributed by atoms with Crippen molar-refractivity contribution < 1.29 is 27.9 Å². The average molecular weight is 492 g/mol. The summed E-state index contributed by atoms with van der Waals surface area (Å²) in [6.07, 6.45) is 0.657. The van der Waals surface area contributed by atoms with Crippen LogP contribution in [0.25, 0.3) is 0 Å². The summed E-state index contributed by atoms with van der Waals surface area (Å²) >= 11 is 0. The van der Waals surface area contributed by atoms with E-state index in [9.17, 15) is 23.2 Å². The molecular weight excluding hydrogens is 460 g/mol. The van der Waals surface area contributed by atoms with Crippen molar-refractivity contribution >= 4 is 17.9 Å². The van der Waals surface area contributed by atoms with Gasteiger partial charge >= 0.3 is 6.09 Å². The molecule has 1 aliphatic heterocycles. The molecule has 1 N–H and O–H groups in total. The number of carbonyl (C=O) groups is 3. The maximum absolute atomic E-state index is 14.3. The van der Waals surface area contributed by atoms with Gasteiger partial charge in [0.05, 0.1) is 6.54 Å². The fraction of sp³-hybridized carbons (Fsp3) is 0.500. The van der Waals surface area contributed by atoms with E-state index in [-0.39, 0.29) is 36.8 Å². The lowest BCUT2D eigenvalue weighted by molar-refractivity contribution is -0.133. The van der Waals surface area contributed by atoms with E-state index in [1.165, 1.54) is 4.90 Å². The first-order valence-corrected chi connectivity index (χ1v) is 11.3. The van der Waals surface area contributed by atoms with E-state index in [1.807, 2.05) is 4.57 Å². The molecule has 2 aromatic rings. The number of nitrogens with one attached hydrogen (secondary N) is 1. The number of rotatable bonds is 6. The number of benzene rings is 1. The number of aromatic nitrogens is 2. The normalized spacial score (nSPS) is 14.2. The van der Waals surface area contributed by atoms with E-state index < -0.39 is 29.4 Å². The van der Waals surface area contributed by atoms with Crippen LogP contribution in [-0.2, 0) is 29.0 Å². The summed E-state index contributed by atoms with van der Waals surface area (Å²) in [4.78, 5) is 45.1. The Labute approximate surface area is 203 Å². The lowest BCUT2D eigenvalue weighted by atomic mass is 10.0. The smallest absolute Gasteiger partial charge is 0.407 e. The highest BCUT2D eigenvalue weighted by atomic mass is 19.1. The summed E-state index contributed by atoms with van der Waals surface area (Å²) < 4.78 is 35.1. The molecule has 2 heterocycles. The summed E-state index contributed by atoms with van der Waals surface area (Å²) in [5.41, 5.74) is -0.431. The highest BCUT2D eigenvalue weighted by molar-refractivity contribution is 5.91. The van der Waals surface area contributed by atoms with Gasteiger partial charge in [0.25, 0.3) is 5.91 Å². The standard InChI is InChI=1S/C24H31F2N5O4/c1-24(2,3)35-23(34)27-17(11-15-10-16(25)6-7-18(15)26)12-21(32)31-9-8-30-13-19(22(33)29(4)5)28-20(30)14-31/h6-7,10,13,17H,8-9,11-12,14H2,1-5H3,(H,27,34)/t17-/m1/s1. The van der Waals surface area contributed by atoms with E-state index in [2.05, 4.69) is 10.3 Å². The van der Waals surface area contributed by atoms with Crippen molar-refractivity contribution in [1.82, 2.24) is 24.7 Å². The molecule has 1 aliphatic rings. The number of halogens is 2. The number of imidazole rings is 1. The van der Waals surface area contributed by atoms with Gasteiger partial charge in [-0.3, -0.25) is 9.59 Å². The largest absolute Gasteiger partial charge is 0.444 e. The zero-order valence-corrected chi connectivity index (χ0v) is 20.6. The van der Waals surface area contributed by atoms with Gasteiger partial charge in [-0.15, -0.1) is 0 Å². The van der Waals surface area contributed by atoms with Gasteiger partial charge in [0.2, 0.25) is 5.91 Å². The van der Waals surface area contributed by atoms with Crippen LogP contribution in [0.4, 0.5) is 13.6 Å². The maximum Gasteiger partial charge on any atom is 0.407 e. The van der Waals surface area contributed by atoms with Crippen molar-refractivity contribution in [3.05, 3.63) is 53.1 Å². The number of amides is 3. The molecule has 35 heavy (non-hydrogen) atoms. The second-order valence-electron chi connectivity index (χ2n) is 9.74. The van der Waals surface area contributed by atoms with Crippen LogP contribution in [0.5, 0.6) is 0 Å². The molecule has 3 rings (SSSR count). The second-order valence-corrected chi connectivity index (χ2v) is 9.74. The average Bonchev–Trinajstić information content (AvgIpc) is 3.17. The van der Waals surface area contributed by atoms with Crippen LogP contribution in [0.2, 0.25) is 0 Å². The third-order valence-electron chi connectivity index (χ3n) is 5.40. The van der Waals surface area contributed by atoms with E-state index >= 15 is 0 Å². The van der Waals surface area contributed by atoms with Gasteiger partial charge in [-0.25, -0.2) is 18.6 Å². The van der Waals surface area contributed by atoms with Crippen molar-refractivity contribution in [1.29, 1.82) is 0 Å². The van der Waals surface area contributed by atoms with Crippen LogP contribution in [0.1, 0.15) is 49.1 Å².